The number of rotatable bonds is 6. The van der Waals surface area contributed by atoms with Crippen LogP contribution in [0, 0.1) is 0 Å². The van der Waals surface area contributed by atoms with Gasteiger partial charge in [0.25, 0.3) is 0 Å². The zero-order chi connectivity index (χ0) is 18.8. The highest BCUT2D eigenvalue weighted by Crippen LogP contribution is 2.38. The number of nitrogens with zero attached hydrogens (tertiary/aromatic N) is 3. The van der Waals surface area contributed by atoms with Crippen molar-refractivity contribution in [1.82, 2.24) is 14.4 Å². The minimum Gasteiger partial charge on any atom is -0.493 e. The summed E-state index contributed by atoms with van der Waals surface area (Å²) >= 11 is 0. The third-order valence-electron chi connectivity index (χ3n) is 4.41. The molecule has 0 aliphatic rings. The molecule has 138 valence electrons. The van der Waals surface area contributed by atoms with E-state index in [0.29, 0.717) is 30.4 Å². The van der Waals surface area contributed by atoms with Gasteiger partial charge in [0.15, 0.2) is 23.0 Å². The van der Waals surface area contributed by atoms with Crippen LogP contribution in [-0.4, -0.2) is 41.7 Å². The van der Waals surface area contributed by atoms with Crippen LogP contribution in [0.3, 0.4) is 0 Å². The Balaban J connectivity index is 1.98. The van der Waals surface area contributed by atoms with E-state index in [-0.39, 0.29) is 0 Å². The number of para-hydroxylation sites is 3. The summed E-state index contributed by atoms with van der Waals surface area (Å²) in [6.07, 6.45) is 1.99. The molecule has 27 heavy (non-hydrogen) atoms. The molecule has 2 aromatic carbocycles. The minimum absolute atomic E-state index is 0.512. The highest BCUT2D eigenvalue weighted by molar-refractivity contribution is 5.85. The van der Waals surface area contributed by atoms with Crippen molar-refractivity contribution < 1.29 is 9.47 Å². The smallest absolute Gasteiger partial charge is 0.181 e. The highest BCUT2D eigenvalue weighted by Gasteiger charge is 2.17. The number of benzene rings is 2. The molecule has 0 atom stereocenters. The molecule has 0 radical (unpaired) electrons. The van der Waals surface area contributed by atoms with Crippen LogP contribution in [0.15, 0.2) is 48.7 Å². The Morgan fingerprint density at radius 1 is 1.04 bits per heavy atom. The number of methoxy groups -OCH3 is 2. The fraction of sp³-hybridized carbons (Fsp3) is 0.200. The molecule has 2 heterocycles. The molecule has 0 aliphatic heterocycles. The molecule has 7 nitrogen and oxygen atoms in total. The Kier molecular flexibility index (Phi) is 4.52. The molecule has 2 aromatic heterocycles. The maximum atomic E-state index is 5.65. The standard InChI is InChI=1S/C20H21N5O2/c1-26-17-9-5-6-13(18(17)27-2)15-12-25-16-8-4-3-7-14(16)23-19(20(25)24-15)22-11-10-21/h3-9,12H,10-11,21H2,1-2H3,(H,22,23). The molecule has 0 saturated heterocycles. The molecule has 0 fully saturated rings. The Hall–Kier alpha value is -3.32. The van der Waals surface area contributed by atoms with Crippen LogP contribution in [0.1, 0.15) is 0 Å². The molecule has 0 saturated carbocycles. The number of nitrogens with two attached hydrogens (primary N) is 1. The van der Waals surface area contributed by atoms with Crippen molar-refractivity contribution in [2.75, 3.05) is 32.6 Å². The molecular weight excluding hydrogens is 342 g/mol. The van der Waals surface area contributed by atoms with Crippen molar-refractivity contribution in [2.24, 2.45) is 5.73 Å². The Bertz CT molecular complexity index is 1110. The Labute approximate surface area is 156 Å². The van der Waals surface area contributed by atoms with E-state index in [2.05, 4.69) is 5.32 Å². The number of nitrogens with one attached hydrogen (secondary N) is 1. The Morgan fingerprint density at radius 2 is 1.89 bits per heavy atom. The van der Waals surface area contributed by atoms with E-state index in [1.165, 1.54) is 0 Å². The topological polar surface area (TPSA) is 86.7 Å². The first kappa shape index (κ1) is 17.1. The second kappa shape index (κ2) is 7.13. The predicted octanol–water partition coefficient (Wildman–Crippen LogP) is 2.94. The van der Waals surface area contributed by atoms with Crippen LogP contribution >= 0.6 is 0 Å². The largest absolute Gasteiger partial charge is 0.493 e. The van der Waals surface area contributed by atoms with Crippen molar-refractivity contribution in [3.05, 3.63) is 48.7 Å². The molecule has 4 aromatic rings. The molecular formula is C20H21N5O2. The van der Waals surface area contributed by atoms with Crippen molar-refractivity contribution in [3.63, 3.8) is 0 Å². The van der Waals surface area contributed by atoms with Crippen molar-refractivity contribution in [3.8, 4) is 22.8 Å². The van der Waals surface area contributed by atoms with E-state index in [0.717, 1.165) is 27.9 Å². The first-order valence-corrected chi connectivity index (χ1v) is 8.70. The van der Waals surface area contributed by atoms with Crippen molar-refractivity contribution in [1.29, 1.82) is 0 Å². The number of anilines is 1. The number of aromatic nitrogens is 3. The summed E-state index contributed by atoms with van der Waals surface area (Å²) in [7, 11) is 3.25. The maximum absolute atomic E-state index is 5.65. The third kappa shape index (κ3) is 2.92. The maximum Gasteiger partial charge on any atom is 0.181 e. The number of imidazole rings is 1. The Morgan fingerprint density at radius 3 is 2.67 bits per heavy atom. The van der Waals surface area contributed by atoms with Crippen LogP contribution in [0.2, 0.25) is 0 Å². The second-order valence-corrected chi connectivity index (χ2v) is 6.03. The number of hydrogen-bond donors (Lipinski definition) is 2. The van der Waals surface area contributed by atoms with Crippen molar-refractivity contribution in [2.45, 2.75) is 0 Å². The van der Waals surface area contributed by atoms with E-state index < -0.39 is 0 Å². The minimum atomic E-state index is 0.512. The summed E-state index contributed by atoms with van der Waals surface area (Å²) in [6, 6.07) is 13.7. The summed E-state index contributed by atoms with van der Waals surface area (Å²) in [4.78, 5) is 9.55. The normalized spacial score (nSPS) is 11.1. The van der Waals surface area contributed by atoms with E-state index in [9.17, 15) is 0 Å². The van der Waals surface area contributed by atoms with Gasteiger partial charge in [-0.3, -0.25) is 4.40 Å². The van der Waals surface area contributed by atoms with Gasteiger partial charge in [0.2, 0.25) is 0 Å². The summed E-state index contributed by atoms with van der Waals surface area (Å²) in [6.45, 7) is 1.13. The van der Waals surface area contributed by atoms with Gasteiger partial charge in [-0.1, -0.05) is 18.2 Å². The molecule has 0 bridgehead atoms. The number of hydrogen-bond acceptors (Lipinski definition) is 6. The van der Waals surface area contributed by atoms with Crippen molar-refractivity contribution >= 4 is 22.5 Å². The fourth-order valence-electron chi connectivity index (χ4n) is 3.19. The van der Waals surface area contributed by atoms with Gasteiger partial charge in [-0.25, -0.2) is 9.97 Å². The predicted molar refractivity (Wildman–Crippen MR) is 107 cm³/mol. The average Bonchev–Trinajstić information content (AvgIpc) is 3.17. The van der Waals surface area contributed by atoms with Crippen LogP contribution in [0.25, 0.3) is 27.9 Å². The lowest BCUT2D eigenvalue weighted by Gasteiger charge is -2.10. The lowest BCUT2D eigenvalue weighted by atomic mass is 10.1. The fourth-order valence-corrected chi connectivity index (χ4v) is 3.19. The first-order valence-electron chi connectivity index (χ1n) is 8.70. The van der Waals surface area contributed by atoms with E-state index in [1.807, 2.05) is 53.1 Å². The van der Waals surface area contributed by atoms with Gasteiger partial charge < -0.3 is 20.5 Å². The van der Waals surface area contributed by atoms with Crippen LogP contribution in [0.4, 0.5) is 5.82 Å². The molecule has 7 heteroatoms. The molecule has 0 aliphatic carbocycles. The molecule has 0 amide bonds. The number of ether oxygens (including phenoxy) is 2. The quantitative estimate of drug-likeness (QED) is 0.548. The van der Waals surface area contributed by atoms with Gasteiger partial charge in [0, 0.05) is 24.8 Å². The van der Waals surface area contributed by atoms with Gasteiger partial charge >= 0.3 is 0 Å². The molecule has 0 unspecified atom stereocenters. The van der Waals surface area contributed by atoms with E-state index in [1.54, 1.807) is 14.2 Å². The zero-order valence-electron chi connectivity index (χ0n) is 15.3. The summed E-state index contributed by atoms with van der Waals surface area (Å²) < 4.78 is 13.0. The SMILES string of the molecule is COc1cccc(-c2cn3c(n2)c(NCCN)nc2ccccc23)c1OC. The molecule has 0 spiro atoms. The average molecular weight is 363 g/mol. The lowest BCUT2D eigenvalue weighted by Crippen LogP contribution is -2.14. The first-order chi connectivity index (χ1) is 13.3. The summed E-state index contributed by atoms with van der Waals surface area (Å²) in [5.74, 6) is 2.01. The van der Waals surface area contributed by atoms with E-state index >= 15 is 0 Å². The zero-order valence-corrected chi connectivity index (χ0v) is 15.3. The monoisotopic (exact) mass is 363 g/mol. The van der Waals surface area contributed by atoms with Gasteiger partial charge in [-0.05, 0) is 24.3 Å². The lowest BCUT2D eigenvalue weighted by molar-refractivity contribution is 0.356. The van der Waals surface area contributed by atoms with Gasteiger partial charge in [0.05, 0.1) is 30.9 Å². The van der Waals surface area contributed by atoms with Gasteiger partial charge in [-0.15, -0.1) is 0 Å². The van der Waals surface area contributed by atoms with E-state index in [4.69, 9.17) is 25.2 Å². The van der Waals surface area contributed by atoms with Gasteiger partial charge in [0.1, 0.15) is 0 Å². The summed E-state index contributed by atoms with van der Waals surface area (Å²) in [5, 5.41) is 3.27. The van der Waals surface area contributed by atoms with Crippen LogP contribution in [0.5, 0.6) is 11.5 Å². The summed E-state index contributed by atoms with van der Waals surface area (Å²) in [5.41, 5.74) is 9.88. The third-order valence-corrected chi connectivity index (χ3v) is 4.41. The molecule has 4 rings (SSSR count). The number of fused-ring (bicyclic) bond motifs is 3. The van der Waals surface area contributed by atoms with Crippen LogP contribution < -0.4 is 20.5 Å². The van der Waals surface area contributed by atoms with Crippen LogP contribution in [-0.2, 0) is 0 Å². The molecule has 3 N–H and O–H groups in total. The second-order valence-electron chi connectivity index (χ2n) is 6.03. The van der Waals surface area contributed by atoms with Gasteiger partial charge in [-0.2, -0.15) is 0 Å². The highest BCUT2D eigenvalue weighted by atomic mass is 16.5.